The summed E-state index contributed by atoms with van der Waals surface area (Å²) >= 11 is 5.02. The van der Waals surface area contributed by atoms with Crippen LogP contribution in [-0.2, 0) is 0 Å². The average molecular weight is 388 g/mol. The van der Waals surface area contributed by atoms with E-state index >= 15 is 0 Å². The topological polar surface area (TPSA) is 42.5 Å². The molecule has 0 aliphatic heterocycles. The van der Waals surface area contributed by atoms with Gasteiger partial charge in [-0.15, -0.1) is 0 Å². The summed E-state index contributed by atoms with van der Waals surface area (Å²) in [6.45, 7) is -3.17. The fourth-order valence-corrected chi connectivity index (χ4v) is 2.01. The second-order valence-electron chi connectivity index (χ2n) is 5.37. The first-order valence-electron chi connectivity index (χ1n) is 7.12. The van der Waals surface area contributed by atoms with Crippen molar-refractivity contribution in [1.82, 2.24) is 5.32 Å². The van der Waals surface area contributed by atoms with E-state index in [0.717, 1.165) is 18.9 Å². The van der Waals surface area contributed by atoms with Crippen LogP contribution in [0.3, 0.4) is 0 Å². The van der Waals surface area contributed by atoms with Gasteiger partial charge in [0.2, 0.25) is 0 Å². The Morgan fingerprint density at radius 3 is 1.84 bits per heavy atom. The molecule has 0 atom stereocenters. The highest BCUT2D eigenvalue weighted by Gasteiger charge is 2.30. The standard InChI is InChI=1S/C14H14F6N2O2S/c15-13(16,17)6-23-10-3-9(22-12(25)21-8-1-2-8)4-11(5-10)24-7-14(18,19)20/h3-5,8H,1-2,6-7H2,(H2,21,22,25). The third kappa shape index (κ3) is 8.14. The van der Waals surface area contributed by atoms with Gasteiger partial charge in [-0.3, -0.25) is 0 Å². The number of benzene rings is 1. The number of hydrogen-bond donors (Lipinski definition) is 2. The van der Waals surface area contributed by atoms with Crippen LogP contribution >= 0.6 is 12.2 Å². The Labute approximate surface area is 144 Å². The van der Waals surface area contributed by atoms with Crippen molar-refractivity contribution in [3.05, 3.63) is 18.2 Å². The molecule has 4 nitrogen and oxygen atoms in total. The molecule has 2 rings (SSSR count). The molecule has 1 aromatic carbocycles. The molecule has 0 heterocycles. The normalized spacial score (nSPS) is 14.8. The third-order valence-corrected chi connectivity index (χ3v) is 3.08. The van der Waals surface area contributed by atoms with Crippen LogP contribution in [0.1, 0.15) is 12.8 Å². The lowest BCUT2D eigenvalue weighted by atomic mass is 10.2. The molecule has 1 saturated carbocycles. The predicted octanol–water partition coefficient (Wildman–Crippen LogP) is 4.02. The van der Waals surface area contributed by atoms with Crippen LogP contribution < -0.4 is 20.1 Å². The first kappa shape index (κ1) is 19.4. The summed E-state index contributed by atoms with van der Waals surface area (Å²) in [5, 5.41) is 5.82. The summed E-state index contributed by atoms with van der Waals surface area (Å²) < 4.78 is 82.7. The quantitative estimate of drug-likeness (QED) is 0.569. The summed E-state index contributed by atoms with van der Waals surface area (Å²) in [5.41, 5.74) is 0.148. The van der Waals surface area contributed by atoms with Gasteiger partial charge in [0.1, 0.15) is 11.5 Å². The number of alkyl halides is 6. The van der Waals surface area contributed by atoms with Crippen LogP contribution in [0.25, 0.3) is 0 Å². The molecule has 0 amide bonds. The average Bonchev–Trinajstić information content (AvgIpc) is 3.25. The van der Waals surface area contributed by atoms with Gasteiger partial charge in [0.05, 0.1) is 0 Å². The largest absolute Gasteiger partial charge is 0.484 e. The van der Waals surface area contributed by atoms with E-state index in [1.807, 2.05) is 0 Å². The highest BCUT2D eigenvalue weighted by molar-refractivity contribution is 7.80. The Morgan fingerprint density at radius 2 is 1.44 bits per heavy atom. The minimum absolute atomic E-state index is 0.148. The molecule has 1 fully saturated rings. The van der Waals surface area contributed by atoms with Crippen LogP contribution in [-0.4, -0.2) is 36.7 Å². The van der Waals surface area contributed by atoms with Crippen molar-refractivity contribution in [2.24, 2.45) is 0 Å². The molecular weight excluding hydrogens is 374 g/mol. The monoisotopic (exact) mass is 388 g/mol. The molecule has 11 heteroatoms. The van der Waals surface area contributed by atoms with Crippen molar-refractivity contribution < 1.29 is 35.8 Å². The maximum absolute atomic E-state index is 12.3. The minimum Gasteiger partial charge on any atom is -0.484 e. The second kappa shape index (κ2) is 7.54. The van der Waals surface area contributed by atoms with Gasteiger partial charge in [0, 0.05) is 29.9 Å². The molecule has 0 unspecified atom stereocenters. The van der Waals surface area contributed by atoms with Crippen molar-refractivity contribution >= 4 is 23.0 Å². The molecule has 1 aliphatic rings. The van der Waals surface area contributed by atoms with Crippen molar-refractivity contribution in [3.8, 4) is 11.5 Å². The smallest absolute Gasteiger partial charge is 0.422 e. The van der Waals surface area contributed by atoms with Gasteiger partial charge in [-0.1, -0.05) is 0 Å². The molecule has 0 radical (unpaired) electrons. The van der Waals surface area contributed by atoms with E-state index in [4.69, 9.17) is 12.2 Å². The molecule has 1 aromatic rings. The van der Waals surface area contributed by atoms with E-state index in [0.29, 0.717) is 0 Å². The number of halogens is 6. The zero-order valence-corrected chi connectivity index (χ0v) is 13.4. The van der Waals surface area contributed by atoms with Crippen molar-refractivity contribution in [2.75, 3.05) is 18.5 Å². The number of hydrogen-bond acceptors (Lipinski definition) is 3. The number of thiocarbonyl (C=S) groups is 1. The Kier molecular flexibility index (Phi) is 5.86. The molecule has 0 bridgehead atoms. The molecule has 25 heavy (non-hydrogen) atoms. The Bertz CT molecular complexity index is 580. The lowest BCUT2D eigenvalue weighted by Crippen LogP contribution is -2.30. The van der Waals surface area contributed by atoms with Gasteiger partial charge < -0.3 is 20.1 Å². The molecule has 0 spiro atoms. The Morgan fingerprint density at radius 1 is 0.960 bits per heavy atom. The summed E-state index contributed by atoms with van der Waals surface area (Å²) in [4.78, 5) is 0. The molecule has 140 valence electrons. The van der Waals surface area contributed by atoms with E-state index in [1.54, 1.807) is 0 Å². The van der Waals surface area contributed by atoms with Gasteiger partial charge in [0.25, 0.3) is 0 Å². The van der Waals surface area contributed by atoms with Crippen LogP contribution in [0.15, 0.2) is 18.2 Å². The number of ether oxygens (including phenoxy) is 2. The maximum Gasteiger partial charge on any atom is 0.422 e. The van der Waals surface area contributed by atoms with E-state index in [-0.39, 0.29) is 28.3 Å². The van der Waals surface area contributed by atoms with E-state index < -0.39 is 25.6 Å². The lowest BCUT2D eigenvalue weighted by Gasteiger charge is -2.16. The SMILES string of the molecule is FC(F)(F)COc1cc(NC(=S)NC2CC2)cc(OCC(F)(F)F)c1. The summed E-state index contributed by atoms with van der Waals surface area (Å²) in [7, 11) is 0. The number of nitrogens with one attached hydrogen (secondary N) is 2. The van der Waals surface area contributed by atoms with Gasteiger partial charge in [-0.2, -0.15) is 26.3 Å². The zero-order chi connectivity index (χ0) is 18.7. The second-order valence-corrected chi connectivity index (χ2v) is 5.78. The first-order chi connectivity index (χ1) is 11.5. The highest BCUT2D eigenvalue weighted by atomic mass is 32.1. The predicted molar refractivity (Wildman–Crippen MR) is 81.9 cm³/mol. The van der Waals surface area contributed by atoms with Gasteiger partial charge in [0.15, 0.2) is 18.3 Å². The van der Waals surface area contributed by atoms with Crippen molar-refractivity contribution in [1.29, 1.82) is 0 Å². The number of anilines is 1. The molecule has 0 saturated heterocycles. The fourth-order valence-electron chi connectivity index (χ4n) is 1.72. The van der Waals surface area contributed by atoms with Crippen LogP contribution in [0.5, 0.6) is 11.5 Å². The number of rotatable bonds is 6. The zero-order valence-electron chi connectivity index (χ0n) is 12.6. The van der Waals surface area contributed by atoms with Gasteiger partial charge in [-0.05, 0) is 25.1 Å². The van der Waals surface area contributed by atoms with E-state index in [2.05, 4.69) is 20.1 Å². The van der Waals surface area contributed by atoms with Crippen LogP contribution in [0.4, 0.5) is 32.0 Å². The summed E-state index contributed by atoms with van der Waals surface area (Å²) in [5.74, 6) is -0.595. The van der Waals surface area contributed by atoms with E-state index in [1.165, 1.54) is 12.1 Å². The van der Waals surface area contributed by atoms with Crippen LogP contribution in [0.2, 0.25) is 0 Å². The molecule has 2 N–H and O–H groups in total. The van der Waals surface area contributed by atoms with E-state index in [9.17, 15) is 26.3 Å². The van der Waals surface area contributed by atoms with Gasteiger partial charge in [-0.25, -0.2) is 0 Å². The highest BCUT2D eigenvalue weighted by Crippen LogP contribution is 2.29. The maximum atomic E-state index is 12.3. The first-order valence-corrected chi connectivity index (χ1v) is 7.53. The molecular formula is C14H14F6N2O2S. The lowest BCUT2D eigenvalue weighted by molar-refractivity contribution is -0.153. The van der Waals surface area contributed by atoms with Crippen molar-refractivity contribution in [2.45, 2.75) is 31.2 Å². The Hall–Kier alpha value is -1.91. The Balaban J connectivity index is 2.09. The summed E-state index contributed by atoms with van der Waals surface area (Å²) in [6, 6.07) is 3.55. The summed E-state index contributed by atoms with van der Waals surface area (Å²) in [6.07, 6.45) is -7.29. The van der Waals surface area contributed by atoms with Crippen molar-refractivity contribution in [3.63, 3.8) is 0 Å². The molecule has 0 aromatic heterocycles. The fraction of sp³-hybridized carbons (Fsp3) is 0.500. The van der Waals surface area contributed by atoms with Gasteiger partial charge >= 0.3 is 12.4 Å². The molecule has 1 aliphatic carbocycles. The van der Waals surface area contributed by atoms with Crippen LogP contribution in [0, 0.1) is 0 Å². The minimum atomic E-state index is -4.58. The third-order valence-electron chi connectivity index (χ3n) is 2.86.